The Kier molecular flexibility index (Phi) is 5.59. The Balaban J connectivity index is 1.63. The lowest BCUT2D eigenvalue weighted by atomic mass is 9.65. The van der Waals surface area contributed by atoms with Crippen molar-refractivity contribution in [2.75, 3.05) is 0 Å². The number of nitrogens with two attached hydrogens (primary N) is 1. The van der Waals surface area contributed by atoms with Crippen LogP contribution in [0.3, 0.4) is 0 Å². The van der Waals surface area contributed by atoms with E-state index in [0.29, 0.717) is 18.4 Å². The maximum atomic E-state index is 13.1. The molecule has 2 aromatic rings. The van der Waals surface area contributed by atoms with Gasteiger partial charge in [0.05, 0.1) is 16.8 Å². The number of H-pyrrole nitrogens is 1. The van der Waals surface area contributed by atoms with Crippen LogP contribution in [0.2, 0.25) is 0 Å². The summed E-state index contributed by atoms with van der Waals surface area (Å²) >= 11 is 0. The minimum atomic E-state index is -4.10. The van der Waals surface area contributed by atoms with Crippen molar-refractivity contribution < 1.29 is 18.0 Å². The van der Waals surface area contributed by atoms with E-state index in [1.807, 2.05) is 0 Å². The molecule has 2 aliphatic carbocycles. The number of carbonyl (C=O) groups is 1. The Labute approximate surface area is 172 Å². The zero-order valence-corrected chi connectivity index (χ0v) is 16.7. The van der Waals surface area contributed by atoms with E-state index >= 15 is 0 Å². The standard InChI is InChI=1S/C22H26F3N3O2/c23-22(24,25)13-7-5-12(6-8-13)14-3-1-2-4-15(14)17-11-18(29)19-16(28-17)9-10-27-20(19)21(26)30/h9-15H,1-8H2,(H2,26,30)(H,28,29)/t12?,13?,14?,15-/m1/s1. The molecule has 4 rings (SSSR count). The summed E-state index contributed by atoms with van der Waals surface area (Å²) in [6, 6.07) is 3.18. The molecule has 0 bridgehead atoms. The Morgan fingerprint density at radius 3 is 2.47 bits per heavy atom. The van der Waals surface area contributed by atoms with Crippen LogP contribution in [0.25, 0.3) is 10.9 Å². The molecule has 8 heteroatoms. The summed E-state index contributed by atoms with van der Waals surface area (Å²) in [6.07, 6.45) is 2.85. The lowest BCUT2D eigenvalue weighted by Gasteiger charge is -2.41. The number of pyridine rings is 2. The molecule has 2 saturated carbocycles. The van der Waals surface area contributed by atoms with E-state index in [9.17, 15) is 22.8 Å². The molecule has 3 N–H and O–H groups in total. The summed E-state index contributed by atoms with van der Waals surface area (Å²) in [5.41, 5.74) is 6.33. The lowest BCUT2D eigenvalue weighted by molar-refractivity contribution is -0.185. The van der Waals surface area contributed by atoms with Gasteiger partial charge in [0.15, 0.2) is 5.43 Å². The van der Waals surface area contributed by atoms with Crippen LogP contribution in [0.1, 0.15) is 73.5 Å². The summed E-state index contributed by atoms with van der Waals surface area (Å²) in [6.45, 7) is 0. The van der Waals surface area contributed by atoms with Gasteiger partial charge in [0.2, 0.25) is 0 Å². The number of rotatable bonds is 3. The molecule has 1 unspecified atom stereocenters. The van der Waals surface area contributed by atoms with Crippen LogP contribution in [-0.2, 0) is 0 Å². The first-order chi connectivity index (χ1) is 14.3. The summed E-state index contributed by atoms with van der Waals surface area (Å²) in [5, 5.41) is 0.187. The Hall–Kier alpha value is -2.38. The number of hydrogen-bond donors (Lipinski definition) is 2. The van der Waals surface area contributed by atoms with Gasteiger partial charge in [-0.15, -0.1) is 0 Å². The first-order valence-corrected chi connectivity index (χ1v) is 10.6. The predicted molar refractivity (Wildman–Crippen MR) is 107 cm³/mol. The van der Waals surface area contributed by atoms with Crippen molar-refractivity contribution in [2.45, 2.75) is 63.5 Å². The fourth-order valence-corrected chi connectivity index (χ4v) is 5.59. The van der Waals surface area contributed by atoms with Crippen molar-refractivity contribution in [3.8, 4) is 0 Å². The third kappa shape index (κ3) is 3.96. The van der Waals surface area contributed by atoms with Crippen molar-refractivity contribution in [3.05, 3.63) is 39.9 Å². The van der Waals surface area contributed by atoms with E-state index in [0.717, 1.165) is 31.4 Å². The molecule has 2 heterocycles. The zero-order chi connectivity index (χ0) is 21.5. The van der Waals surface area contributed by atoms with Crippen molar-refractivity contribution in [2.24, 2.45) is 23.5 Å². The van der Waals surface area contributed by atoms with Gasteiger partial charge < -0.3 is 10.7 Å². The number of nitrogens with zero attached hydrogens (tertiary/aromatic N) is 1. The molecule has 0 aliphatic heterocycles. The molecule has 1 amide bonds. The SMILES string of the molecule is NC(=O)c1nccc2[nH]c([C@@H]3CCCCC3C3CCC(C(F)(F)F)CC3)cc(=O)c12. The molecular weight excluding hydrogens is 395 g/mol. The zero-order valence-electron chi connectivity index (χ0n) is 16.7. The second-order valence-electron chi connectivity index (χ2n) is 8.74. The number of amides is 1. The van der Waals surface area contributed by atoms with E-state index in [1.54, 1.807) is 6.07 Å². The quantitative estimate of drug-likeness (QED) is 0.755. The molecular formula is C22H26F3N3O2. The Morgan fingerprint density at radius 1 is 1.10 bits per heavy atom. The largest absolute Gasteiger partial charge is 0.391 e. The van der Waals surface area contributed by atoms with Gasteiger partial charge in [0, 0.05) is 23.9 Å². The highest BCUT2D eigenvalue weighted by molar-refractivity contribution is 6.03. The summed E-state index contributed by atoms with van der Waals surface area (Å²) in [4.78, 5) is 31.7. The van der Waals surface area contributed by atoms with Crippen molar-refractivity contribution in [3.63, 3.8) is 0 Å². The minimum absolute atomic E-state index is 0.0500. The fourth-order valence-electron chi connectivity index (χ4n) is 5.59. The molecule has 0 saturated heterocycles. The van der Waals surface area contributed by atoms with Crippen molar-refractivity contribution in [1.29, 1.82) is 0 Å². The van der Waals surface area contributed by atoms with Crippen LogP contribution in [0, 0.1) is 17.8 Å². The van der Waals surface area contributed by atoms with E-state index in [-0.39, 0.29) is 47.1 Å². The van der Waals surface area contributed by atoms with Gasteiger partial charge in [-0.1, -0.05) is 12.8 Å². The number of halogens is 3. The average molecular weight is 421 g/mol. The van der Waals surface area contributed by atoms with E-state index in [1.165, 1.54) is 12.3 Å². The van der Waals surface area contributed by atoms with Gasteiger partial charge in [0.25, 0.3) is 5.91 Å². The average Bonchev–Trinajstić information content (AvgIpc) is 2.72. The number of aromatic nitrogens is 2. The van der Waals surface area contributed by atoms with Gasteiger partial charge in [-0.2, -0.15) is 13.2 Å². The predicted octanol–water partition coefficient (Wildman–Crippen LogP) is 4.66. The van der Waals surface area contributed by atoms with Crippen molar-refractivity contribution >= 4 is 16.8 Å². The van der Waals surface area contributed by atoms with Gasteiger partial charge >= 0.3 is 6.18 Å². The first-order valence-electron chi connectivity index (χ1n) is 10.6. The Morgan fingerprint density at radius 2 is 1.80 bits per heavy atom. The number of aromatic amines is 1. The normalized spacial score (nSPS) is 27.8. The van der Waals surface area contributed by atoms with Crippen LogP contribution in [0.5, 0.6) is 0 Å². The van der Waals surface area contributed by atoms with Gasteiger partial charge in [-0.05, 0) is 56.4 Å². The van der Waals surface area contributed by atoms with Gasteiger partial charge in [-0.3, -0.25) is 14.6 Å². The third-order valence-corrected chi connectivity index (χ3v) is 7.06. The minimum Gasteiger partial charge on any atom is -0.364 e. The van der Waals surface area contributed by atoms with Crippen LogP contribution < -0.4 is 11.2 Å². The van der Waals surface area contributed by atoms with E-state index in [2.05, 4.69) is 9.97 Å². The van der Waals surface area contributed by atoms with E-state index in [4.69, 9.17) is 5.73 Å². The summed E-state index contributed by atoms with van der Waals surface area (Å²) < 4.78 is 39.2. The highest BCUT2D eigenvalue weighted by Gasteiger charge is 2.44. The second-order valence-corrected chi connectivity index (χ2v) is 8.74. The molecule has 5 nitrogen and oxygen atoms in total. The molecule has 0 spiro atoms. The fraction of sp³-hybridized carbons (Fsp3) is 0.591. The first kappa shape index (κ1) is 20.9. The monoisotopic (exact) mass is 421 g/mol. The molecule has 2 atom stereocenters. The maximum absolute atomic E-state index is 13.1. The summed E-state index contributed by atoms with van der Waals surface area (Å²) in [5.74, 6) is -1.33. The van der Waals surface area contributed by atoms with E-state index < -0.39 is 18.0 Å². The molecule has 0 radical (unpaired) electrons. The van der Waals surface area contributed by atoms with Gasteiger partial charge in [-0.25, -0.2) is 0 Å². The molecule has 0 aromatic carbocycles. The Bertz CT molecular complexity index is 993. The smallest absolute Gasteiger partial charge is 0.364 e. The van der Waals surface area contributed by atoms with Crippen molar-refractivity contribution in [1.82, 2.24) is 9.97 Å². The van der Waals surface area contributed by atoms with Crippen LogP contribution in [0.4, 0.5) is 13.2 Å². The maximum Gasteiger partial charge on any atom is 0.391 e. The highest BCUT2D eigenvalue weighted by Crippen LogP contribution is 2.48. The molecule has 2 fully saturated rings. The number of fused-ring (bicyclic) bond motifs is 1. The third-order valence-electron chi connectivity index (χ3n) is 7.06. The molecule has 162 valence electrons. The van der Waals surface area contributed by atoms with Crippen LogP contribution in [0.15, 0.2) is 23.1 Å². The summed E-state index contributed by atoms with van der Waals surface area (Å²) in [7, 11) is 0. The van der Waals surface area contributed by atoms with Crippen LogP contribution >= 0.6 is 0 Å². The number of hydrogen-bond acceptors (Lipinski definition) is 3. The topological polar surface area (TPSA) is 88.8 Å². The second kappa shape index (κ2) is 8.04. The number of primary amides is 1. The molecule has 2 aliphatic rings. The van der Waals surface area contributed by atoms with Crippen LogP contribution in [-0.4, -0.2) is 22.1 Å². The molecule has 30 heavy (non-hydrogen) atoms. The van der Waals surface area contributed by atoms with Gasteiger partial charge in [0.1, 0.15) is 5.69 Å². The number of nitrogens with one attached hydrogen (secondary N) is 1. The lowest BCUT2D eigenvalue weighted by Crippen LogP contribution is -2.33. The number of carbonyl (C=O) groups excluding carboxylic acids is 1. The highest BCUT2D eigenvalue weighted by atomic mass is 19.4. The molecule has 2 aromatic heterocycles. The number of alkyl halides is 3.